The van der Waals surface area contributed by atoms with Crippen LogP contribution in [0.2, 0.25) is 0 Å². The molecular weight excluding hydrogens is 476 g/mol. The summed E-state index contributed by atoms with van der Waals surface area (Å²) < 4.78 is 34.9. The lowest BCUT2D eigenvalue weighted by Gasteiger charge is -2.18. The fourth-order valence-corrected chi connectivity index (χ4v) is 3.66. The highest BCUT2D eigenvalue weighted by Gasteiger charge is 2.19. The molecule has 1 saturated heterocycles. The average Bonchev–Trinajstić information content (AvgIpc) is 3.36. The molecule has 1 fully saturated rings. The van der Waals surface area contributed by atoms with Crippen LogP contribution in [0, 0.1) is 0 Å². The highest BCUT2D eigenvalue weighted by atomic mass is 16.5. The fraction of sp³-hybridized carbons (Fsp3) is 0.333. The van der Waals surface area contributed by atoms with Gasteiger partial charge in [-0.2, -0.15) is 10.1 Å². The van der Waals surface area contributed by atoms with Gasteiger partial charge < -0.3 is 31.2 Å². The number of hydrogen-bond donors (Lipinski definition) is 4. The molecule has 3 aromatic rings. The molecule has 37 heavy (non-hydrogen) atoms. The van der Waals surface area contributed by atoms with Gasteiger partial charge in [-0.05, 0) is 25.0 Å². The molecule has 1 aliphatic rings. The molecule has 13 heteroatoms. The van der Waals surface area contributed by atoms with Crippen LogP contribution in [0.3, 0.4) is 0 Å². The Bertz CT molecular complexity index is 1400. The smallest absolute Gasteiger partial charge is 0.256 e. The molecule has 3 heterocycles. The molecule has 0 radical (unpaired) electrons. The minimum Gasteiger partial charge on any atom is -0.494 e. The monoisotopic (exact) mass is 509 g/mol. The van der Waals surface area contributed by atoms with Gasteiger partial charge in [0, 0.05) is 50.0 Å². The van der Waals surface area contributed by atoms with Gasteiger partial charge in [0.1, 0.15) is 17.7 Å². The van der Waals surface area contributed by atoms with Crippen LogP contribution < -0.4 is 26.4 Å². The minimum absolute atomic E-state index is 0.0152. The van der Waals surface area contributed by atoms with Crippen LogP contribution in [-0.2, 0) is 11.8 Å². The second-order valence-corrected chi connectivity index (χ2v) is 8.03. The largest absolute Gasteiger partial charge is 0.494 e. The third-order valence-corrected chi connectivity index (χ3v) is 5.51. The summed E-state index contributed by atoms with van der Waals surface area (Å²) in [5.74, 6) is 0.0160. The van der Waals surface area contributed by atoms with Crippen LogP contribution in [-0.4, -0.2) is 70.2 Å². The van der Waals surface area contributed by atoms with Gasteiger partial charge in [-0.25, -0.2) is 9.97 Å². The van der Waals surface area contributed by atoms with Crippen molar-refractivity contribution < 1.29 is 18.4 Å². The Morgan fingerprint density at radius 2 is 2.19 bits per heavy atom. The standard InChI is InChI=1S/C24H30N10O3/c1-26-23(35)18-13-28-24(30-16(11-25)12-27-15-7-9-37-10-8-15)32-22(18)31-19-6-4-5-17(20(19)36-3)21-29-14-34(2)33-21/h4-6,11-15H,7-10,25H2,1-3H3,(H,26,35)(H2,28,30,31,32)/b16-11+,27-12?/i1D3. The predicted octanol–water partition coefficient (Wildman–Crippen LogP) is 1.85. The first-order valence-corrected chi connectivity index (χ1v) is 11.5. The van der Waals surface area contributed by atoms with Gasteiger partial charge in [0.05, 0.1) is 30.1 Å². The quantitative estimate of drug-likeness (QED) is 0.313. The summed E-state index contributed by atoms with van der Waals surface area (Å²) in [5.41, 5.74) is 7.12. The van der Waals surface area contributed by atoms with Crippen molar-refractivity contribution in [1.29, 1.82) is 0 Å². The summed E-state index contributed by atoms with van der Waals surface area (Å²) in [6, 6.07) is 5.35. The van der Waals surface area contributed by atoms with E-state index in [1.165, 1.54) is 19.5 Å². The molecule has 194 valence electrons. The average molecular weight is 510 g/mol. The summed E-state index contributed by atoms with van der Waals surface area (Å²) in [7, 11) is 3.23. The van der Waals surface area contributed by atoms with E-state index in [0.717, 1.165) is 12.8 Å². The third kappa shape index (κ3) is 6.19. The number of para-hydroxylation sites is 1. The van der Waals surface area contributed by atoms with Gasteiger partial charge in [0.15, 0.2) is 11.6 Å². The lowest BCUT2D eigenvalue weighted by Crippen LogP contribution is -2.21. The number of allylic oxidation sites excluding steroid dienone is 1. The Morgan fingerprint density at radius 1 is 1.35 bits per heavy atom. The molecule has 0 atom stereocenters. The summed E-state index contributed by atoms with van der Waals surface area (Å²) in [4.78, 5) is 30.3. The first kappa shape index (κ1) is 21.7. The molecule has 1 amide bonds. The Labute approximate surface area is 218 Å². The summed E-state index contributed by atoms with van der Waals surface area (Å²) >= 11 is 0. The number of methoxy groups -OCH3 is 1. The third-order valence-electron chi connectivity index (χ3n) is 5.51. The van der Waals surface area contributed by atoms with Gasteiger partial charge in [-0.1, -0.05) is 6.07 Å². The molecule has 1 aromatic carbocycles. The number of nitrogens with zero attached hydrogens (tertiary/aromatic N) is 6. The topological polar surface area (TPSA) is 166 Å². The van der Waals surface area contributed by atoms with Crippen molar-refractivity contribution >= 4 is 29.6 Å². The van der Waals surface area contributed by atoms with Crippen molar-refractivity contribution in [2.75, 3.05) is 37.9 Å². The van der Waals surface area contributed by atoms with Crippen LogP contribution in [0.1, 0.15) is 27.3 Å². The Kier molecular flexibility index (Phi) is 7.02. The van der Waals surface area contributed by atoms with E-state index >= 15 is 0 Å². The van der Waals surface area contributed by atoms with Crippen LogP contribution in [0.25, 0.3) is 11.4 Å². The highest BCUT2D eigenvalue weighted by Crippen LogP contribution is 2.36. The van der Waals surface area contributed by atoms with Crippen molar-refractivity contribution in [3.05, 3.63) is 48.2 Å². The van der Waals surface area contributed by atoms with E-state index in [2.05, 4.69) is 35.7 Å². The Balaban J connectivity index is 1.67. The van der Waals surface area contributed by atoms with E-state index in [9.17, 15) is 4.79 Å². The normalized spacial score (nSPS) is 16.1. The maximum Gasteiger partial charge on any atom is 0.256 e. The molecule has 0 aliphatic carbocycles. The molecule has 5 N–H and O–H groups in total. The lowest BCUT2D eigenvalue weighted by atomic mass is 10.1. The Morgan fingerprint density at radius 3 is 2.89 bits per heavy atom. The number of amides is 1. The molecule has 1 aliphatic heterocycles. The fourth-order valence-electron chi connectivity index (χ4n) is 3.66. The Hall–Kier alpha value is -4.52. The number of ether oxygens (including phenoxy) is 2. The van der Waals surface area contributed by atoms with E-state index in [0.29, 0.717) is 41.7 Å². The number of anilines is 3. The number of aromatic nitrogens is 5. The first-order chi connectivity index (χ1) is 19.2. The molecule has 0 spiro atoms. The summed E-state index contributed by atoms with van der Waals surface area (Å²) in [6.45, 7) is -1.42. The number of nitrogens with one attached hydrogen (secondary N) is 3. The molecule has 13 nitrogen and oxygen atoms in total. The van der Waals surface area contributed by atoms with Crippen LogP contribution in [0.4, 0.5) is 17.5 Å². The number of benzene rings is 1. The number of aryl methyl sites for hydroxylation is 1. The first-order valence-electron chi connectivity index (χ1n) is 13.0. The van der Waals surface area contributed by atoms with E-state index in [1.807, 2.05) is 5.32 Å². The molecule has 0 bridgehead atoms. The van der Waals surface area contributed by atoms with Crippen molar-refractivity contribution in [2.24, 2.45) is 17.8 Å². The number of carbonyl (C=O) groups excluding carboxylic acids is 1. The van der Waals surface area contributed by atoms with Gasteiger partial charge in [-0.3, -0.25) is 14.5 Å². The van der Waals surface area contributed by atoms with Gasteiger partial charge in [-0.15, -0.1) is 0 Å². The van der Waals surface area contributed by atoms with Crippen molar-refractivity contribution in [3.63, 3.8) is 0 Å². The van der Waals surface area contributed by atoms with Crippen molar-refractivity contribution in [2.45, 2.75) is 18.9 Å². The maximum atomic E-state index is 12.9. The highest BCUT2D eigenvalue weighted by molar-refractivity contribution is 5.99. The number of hydrogen-bond acceptors (Lipinski definition) is 11. The van der Waals surface area contributed by atoms with E-state index in [1.54, 1.807) is 42.5 Å². The lowest BCUT2D eigenvalue weighted by molar-refractivity contribution is 0.0872. The van der Waals surface area contributed by atoms with E-state index in [-0.39, 0.29) is 23.4 Å². The number of rotatable bonds is 9. The van der Waals surface area contributed by atoms with Crippen molar-refractivity contribution in [1.82, 2.24) is 30.0 Å². The molecule has 2 aromatic heterocycles. The minimum atomic E-state index is -2.72. The second-order valence-electron chi connectivity index (χ2n) is 8.03. The number of aliphatic imine (C=N–C) groups is 1. The number of carbonyl (C=O) groups is 1. The van der Waals surface area contributed by atoms with Crippen molar-refractivity contribution in [3.8, 4) is 17.1 Å². The van der Waals surface area contributed by atoms with Gasteiger partial charge in [0.25, 0.3) is 5.91 Å². The van der Waals surface area contributed by atoms with E-state index in [4.69, 9.17) is 19.3 Å². The SMILES string of the molecule is [2H]C([2H])([2H])NC(=O)c1cnc(N/C(C=NC2CCOCC2)=C/N)nc1Nc1cccc(-c2ncn(C)n2)c1OC. The van der Waals surface area contributed by atoms with Gasteiger partial charge in [0.2, 0.25) is 5.95 Å². The van der Waals surface area contributed by atoms with Crippen LogP contribution >= 0.6 is 0 Å². The molecule has 0 saturated carbocycles. The molecule has 4 rings (SSSR count). The summed E-state index contributed by atoms with van der Waals surface area (Å²) in [6.07, 6.45) is 7.29. The molecule has 0 unspecified atom stereocenters. The van der Waals surface area contributed by atoms with Crippen LogP contribution in [0.5, 0.6) is 5.75 Å². The number of nitrogens with two attached hydrogens (primary N) is 1. The second kappa shape index (κ2) is 11.9. The van der Waals surface area contributed by atoms with E-state index < -0.39 is 12.9 Å². The zero-order valence-electron chi connectivity index (χ0n) is 23.4. The molecular formula is C24H30N10O3. The predicted molar refractivity (Wildman–Crippen MR) is 140 cm³/mol. The van der Waals surface area contributed by atoms with Gasteiger partial charge >= 0.3 is 0 Å². The zero-order valence-corrected chi connectivity index (χ0v) is 20.4. The zero-order chi connectivity index (χ0) is 28.7. The summed E-state index contributed by atoms with van der Waals surface area (Å²) in [5, 5.41) is 12.3. The maximum absolute atomic E-state index is 12.9. The van der Waals surface area contributed by atoms with Crippen LogP contribution in [0.15, 0.2) is 47.6 Å².